The van der Waals surface area contributed by atoms with Gasteiger partial charge in [-0.15, -0.1) is 0 Å². The number of hydrogen-bond donors (Lipinski definition) is 1. The fraction of sp³-hybridized carbons (Fsp3) is 0.273. The van der Waals surface area contributed by atoms with E-state index in [-0.39, 0.29) is 5.91 Å². The minimum absolute atomic E-state index is 0.228. The second-order valence-electron chi connectivity index (χ2n) is 3.56. The van der Waals surface area contributed by atoms with E-state index in [9.17, 15) is 4.79 Å². The molecule has 15 heavy (non-hydrogen) atoms. The van der Waals surface area contributed by atoms with Crippen LogP contribution in [0, 0.1) is 0 Å². The van der Waals surface area contributed by atoms with Crippen LogP contribution in [0.3, 0.4) is 0 Å². The molecular formula is C11H13N3O. The van der Waals surface area contributed by atoms with Crippen molar-refractivity contribution in [1.82, 2.24) is 4.98 Å². The third-order valence-electron chi connectivity index (χ3n) is 2.53. The van der Waals surface area contributed by atoms with Crippen molar-refractivity contribution in [3.63, 3.8) is 0 Å². The Kier molecular flexibility index (Phi) is 2.41. The Morgan fingerprint density at radius 1 is 1.73 bits per heavy atom. The summed E-state index contributed by atoms with van der Waals surface area (Å²) in [6.45, 7) is 4.40. The minimum Gasteiger partial charge on any atom is -0.373 e. The number of pyridine rings is 1. The molecule has 78 valence electrons. The zero-order valence-corrected chi connectivity index (χ0v) is 8.66. The van der Waals surface area contributed by atoms with Gasteiger partial charge in [-0.2, -0.15) is 0 Å². The molecule has 0 aliphatic carbocycles. The molecule has 1 N–H and O–H groups in total. The first-order valence-corrected chi connectivity index (χ1v) is 4.84. The molecule has 1 amide bonds. The van der Waals surface area contributed by atoms with Crippen molar-refractivity contribution in [3.05, 3.63) is 30.5 Å². The molecule has 0 saturated heterocycles. The molecule has 2 heterocycles. The van der Waals surface area contributed by atoms with Gasteiger partial charge in [0.1, 0.15) is 5.82 Å². The van der Waals surface area contributed by atoms with Gasteiger partial charge in [0, 0.05) is 13.6 Å². The highest BCUT2D eigenvalue weighted by Crippen LogP contribution is 2.27. The lowest BCUT2D eigenvalue weighted by Gasteiger charge is -2.11. The van der Waals surface area contributed by atoms with E-state index in [0.717, 1.165) is 18.7 Å². The number of anilines is 2. The summed E-state index contributed by atoms with van der Waals surface area (Å²) in [6.07, 6.45) is 4.04. The quantitative estimate of drug-likeness (QED) is 0.734. The first kappa shape index (κ1) is 9.71. The summed E-state index contributed by atoms with van der Waals surface area (Å²) in [5.41, 5.74) is 2.37. The van der Waals surface area contributed by atoms with Crippen molar-refractivity contribution in [2.75, 3.05) is 23.8 Å². The summed E-state index contributed by atoms with van der Waals surface area (Å²) in [5.74, 6) is 0.364. The number of aromatic nitrogens is 1. The first-order chi connectivity index (χ1) is 7.20. The number of carbonyl (C=O) groups excluding carboxylic acids is 1. The van der Waals surface area contributed by atoms with Gasteiger partial charge in [-0.05, 0) is 24.1 Å². The summed E-state index contributed by atoms with van der Waals surface area (Å²) in [5, 5.41) is 2.65. The third-order valence-corrected chi connectivity index (χ3v) is 2.53. The van der Waals surface area contributed by atoms with E-state index in [1.54, 1.807) is 6.20 Å². The van der Waals surface area contributed by atoms with Crippen LogP contribution in [-0.2, 0) is 11.2 Å². The molecule has 0 fully saturated rings. The number of likely N-dealkylation sites (N-methyl/N-ethyl adjacent to an activating group) is 1. The Bertz CT molecular complexity index is 414. The van der Waals surface area contributed by atoms with Crippen LogP contribution in [0.25, 0.3) is 0 Å². The largest absolute Gasteiger partial charge is 0.373 e. The lowest BCUT2D eigenvalue weighted by atomic mass is 10.2. The van der Waals surface area contributed by atoms with Crippen LogP contribution in [0.15, 0.2) is 24.9 Å². The van der Waals surface area contributed by atoms with Gasteiger partial charge < -0.3 is 10.2 Å². The van der Waals surface area contributed by atoms with Gasteiger partial charge in [0.15, 0.2) is 0 Å². The number of carbonyl (C=O) groups is 1. The SMILES string of the molecule is C=CC(=O)Nc1cc2c(cn1)N(C)CC2. The predicted molar refractivity (Wildman–Crippen MR) is 60.0 cm³/mol. The predicted octanol–water partition coefficient (Wildman–Crippen LogP) is 1.20. The van der Waals surface area contributed by atoms with E-state index >= 15 is 0 Å². The normalized spacial score (nSPS) is 13.5. The zero-order valence-electron chi connectivity index (χ0n) is 8.66. The smallest absolute Gasteiger partial charge is 0.248 e. The molecule has 0 saturated carbocycles. The Morgan fingerprint density at radius 3 is 3.27 bits per heavy atom. The molecule has 1 aromatic heterocycles. The Balaban J connectivity index is 2.23. The van der Waals surface area contributed by atoms with Gasteiger partial charge in [-0.25, -0.2) is 4.98 Å². The summed E-state index contributed by atoms with van der Waals surface area (Å²) in [4.78, 5) is 17.4. The molecule has 0 spiro atoms. The van der Waals surface area contributed by atoms with Crippen LogP contribution in [0.1, 0.15) is 5.56 Å². The van der Waals surface area contributed by atoms with Crippen molar-refractivity contribution >= 4 is 17.4 Å². The van der Waals surface area contributed by atoms with Crippen LogP contribution in [0.4, 0.5) is 11.5 Å². The maximum atomic E-state index is 11.1. The lowest BCUT2D eigenvalue weighted by Crippen LogP contribution is -2.13. The van der Waals surface area contributed by atoms with Crippen molar-refractivity contribution in [1.29, 1.82) is 0 Å². The molecule has 0 aromatic carbocycles. The number of nitrogens with zero attached hydrogens (tertiary/aromatic N) is 2. The monoisotopic (exact) mass is 203 g/mol. The van der Waals surface area contributed by atoms with Crippen LogP contribution in [0.5, 0.6) is 0 Å². The maximum Gasteiger partial charge on any atom is 0.248 e. The molecule has 1 aliphatic heterocycles. The molecule has 0 unspecified atom stereocenters. The molecule has 0 bridgehead atoms. The zero-order chi connectivity index (χ0) is 10.8. The van der Waals surface area contributed by atoms with Gasteiger partial charge in [-0.1, -0.05) is 6.58 Å². The van der Waals surface area contributed by atoms with Crippen LogP contribution < -0.4 is 10.2 Å². The fourth-order valence-electron chi connectivity index (χ4n) is 1.69. The highest BCUT2D eigenvalue weighted by Gasteiger charge is 2.16. The second-order valence-corrected chi connectivity index (χ2v) is 3.56. The van der Waals surface area contributed by atoms with E-state index < -0.39 is 0 Å². The van der Waals surface area contributed by atoms with Gasteiger partial charge in [-0.3, -0.25) is 4.79 Å². The van der Waals surface area contributed by atoms with Gasteiger partial charge >= 0.3 is 0 Å². The fourth-order valence-corrected chi connectivity index (χ4v) is 1.69. The highest BCUT2D eigenvalue weighted by molar-refractivity contribution is 5.98. The molecule has 1 aliphatic rings. The van der Waals surface area contributed by atoms with Crippen LogP contribution >= 0.6 is 0 Å². The number of rotatable bonds is 2. The van der Waals surface area contributed by atoms with E-state index in [4.69, 9.17) is 0 Å². The third kappa shape index (κ3) is 1.83. The van der Waals surface area contributed by atoms with Crippen molar-refractivity contribution in [3.8, 4) is 0 Å². The summed E-state index contributed by atoms with van der Waals surface area (Å²) >= 11 is 0. The Hall–Kier alpha value is -1.84. The Morgan fingerprint density at radius 2 is 2.53 bits per heavy atom. The molecule has 0 radical (unpaired) electrons. The standard InChI is InChI=1S/C11H13N3O/c1-3-11(15)13-10-6-8-4-5-14(2)9(8)7-12-10/h3,6-7H,1,4-5H2,2H3,(H,12,13,15). The van der Waals surface area contributed by atoms with E-state index in [2.05, 4.69) is 21.8 Å². The maximum absolute atomic E-state index is 11.1. The van der Waals surface area contributed by atoms with Crippen LogP contribution in [0.2, 0.25) is 0 Å². The number of nitrogens with one attached hydrogen (secondary N) is 1. The topological polar surface area (TPSA) is 45.2 Å². The van der Waals surface area contributed by atoms with Crippen molar-refractivity contribution in [2.24, 2.45) is 0 Å². The molecule has 4 nitrogen and oxygen atoms in total. The van der Waals surface area contributed by atoms with E-state index in [1.165, 1.54) is 11.6 Å². The van der Waals surface area contributed by atoms with E-state index in [1.807, 2.05) is 13.1 Å². The minimum atomic E-state index is -0.228. The molecule has 0 atom stereocenters. The molecule has 2 rings (SSSR count). The number of fused-ring (bicyclic) bond motifs is 1. The average molecular weight is 203 g/mol. The lowest BCUT2D eigenvalue weighted by molar-refractivity contribution is -0.111. The summed E-state index contributed by atoms with van der Waals surface area (Å²) in [6, 6.07) is 1.92. The van der Waals surface area contributed by atoms with Crippen molar-refractivity contribution in [2.45, 2.75) is 6.42 Å². The van der Waals surface area contributed by atoms with Gasteiger partial charge in [0.2, 0.25) is 5.91 Å². The molecular weight excluding hydrogens is 190 g/mol. The second kappa shape index (κ2) is 3.73. The van der Waals surface area contributed by atoms with E-state index in [0.29, 0.717) is 5.82 Å². The Labute approximate surface area is 88.6 Å². The van der Waals surface area contributed by atoms with Crippen molar-refractivity contribution < 1.29 is 4.79 Å². The average Bonchev–Trinajstić information content (AvgIpc) is 2.60. The molecule has 4 heteroatoms. The molecule has 1 aromatic rings. The van der Waals surface area contributed by atoms with Crippen LogP contribution in [-0.4, -0.2) is 24.5 Å². The number of hydrogen-bond acceptors (Lipinski definition) is 3. The van der Waals surface area contributed by atoms with Gasteiger partial charge in [0.05, 0.1) is 11.9 Å². The summed E-state index contributed by atoms with van der Waals surface area (Å²) in [7, 11) is 2.04. The summed E-state index contributed by atoms with van der Waals surface area (Å²) < 4.78 is 0. The number of amides is 1. The highest BCUT2D eigenvalue weighted by atomic mass is 16.1. The van der Waals surface area contributed by atoms with Gasteiger partial charge in [0.25, 0.3) is 0 Å². The first-order valence-electron chi connectivity index (χ1n) is 4.84.